The van der Waals surface area contributed by atoms with Gasteiger partial charge in [-0.05, 0) is 55.7 Å². The van der Waals surface area contributed by atoms with Crippen LogP contribution in [0.3, 0.4) is 0 Å². The normalized spacial score (nSPS) is 15.5. The van der Waals surface area contributed by atoms with Gasteiger partial charge in [0.2, 0.25) is 10.0 Å². The summed E-state index contributed by atoms with van der Waals surface area (Å²) in [6.45, 7) is 3.21. The first kappa shape index (κ1) is 22.2. The van der Waals surface area contributed by atoms with Crippen molar-refractivity contribution in [3.63, 3.8) is 0 Å². The summed E-state index contributed by atoms with van der Waals surface area (Å²) >= 11 is 0. The Morgan fingerprint density at radius 1 is 1.07 bits per heavy atom. The summed E-state index contributed by atoms with van der Waals surface area (Å²) in [4.78, 5) is 15.2. The third-order valence-corrected chi connectivity index (χ3v) is 7.04. The number of hydrogen-bond donors (Lipinski definition) is 1. The molecule has 0 bridgehead atoms. The number of halogens is 2. The van der Waals surface area contributed by atoms with Gasteiger partial charge in [-0.15, -0.1) is 0 Å². The highest BCUT2D eigenvalue weighted by atomic mass is 32.2. The van der Waals surface area contributed by atoms with E-state index >= 15 is 0 Å². The standard InChI is InChI=1S/C21H25F2N3O3S/c1-14(15-6-8-18(22)19(23)12-15)24-21(27)17-13-16(30(28,29)25(2)3)7-9-20(17)26-10-4-5-11-26/h6-9,12-14H,4-5,10-11H2,1-3H3,(H,24,27). The molecule has 0 spiro atoms. The van der Waals surface area contributed by atoms with Gasteiger partial charge in [-0.2, -0.15) is 0 Å². The molecule has 1 unspecified atom stereocenters. The average molecular weight is 438 g/mol. The molecule has 162 valence electrons. The van der Waals surface area contributed by atoms with Crippen LogP contribution in [0.1, 0.15) is 41.7 Å². The second-order valence-electron chi connectivity index (χ2n) is 7.53. The third kappa shape index (κ3) is 4.46. The molecular weight excluding hydrogens is 412 g/mol. The van der Waals surface area contributed by atoms with Crippen LogP contribution >= 0.6 is 0 Å². The number of rotatable bonds is 6. The minimum atomic E-state index is -3.72. The van der Waals surface area contributed by atoms with Crippen molar-refractivity contribution in [1.82, 2.24) is 9.62 Å². The van der Waals surface area contributed by atoms with Crippen molar-refractivity contribution in [2.45, 2.75) is 30.7 Å². The highest BCUT2D eigenvalue weighted by molar-refractivity contribution is 7.89. The van der Waals surface area contributed by atoms with Crippen LogP contribution in [0.4, 0.5) is 14.5 Å². The molecule has 1 saturated heterocycles. The zero-order chi connectivity index (χ0) is 22.1. The second kappa shape index (κ2) is 8.69. The molecule has 0 aliphatic carbocycles. The van der Waals surface area contributed by atoms with E-state index in [0.29, 0.717) is 11.3 Å². The van der Waals surface area contributed by atoms with Gasteiger partial charge in [-0.1, -0.05) is 6.07 Å². The van der Waals surface area contributed by atoms with Crippen molar-refractivity contribution in [3.05, 3.63) is 59.2 Å². The molecule has 0 radical (unpaired) electrons. The van der Waals surface area contributed by atoms with E-state index in [0.717, 1.165) is 42.4 Å². The van der Waals surface area contributed by atoms with E-state index in [1.807, 2.05) is 4.90 Å². The van der Waals surface area contributed by atoms with Gasteiger partial charge in [0.15, 0.2) is 11.6 Å². The molecule has 6 nitrogen and oxygen atoms in total. The van der Waals surface area contributed by atoms with Gasteiger partial charge in [-0.25, -0.2) is 21.5 Å². The first-order valence-corrected chi connectivity index (χ1v) is 11.1. The Hall–Kier alpha value is -2.52. The molecule has 30 heavy (non-hydrogen) atoms. The average Bonchev–Trinajstić information content (AvgIpc) is 3.24. The molecule has 1 aliphatic heterocycles. The minimum Gasteiger partial charge on any atom is -0.371 e. The largest absolute Gasteiger partial charge is 0.371 e. The van der Waals surface area contributed by atoms with Crippen molar-refractivity contribution in [2.24, 2.45) is 0 Å². The van der Waals surface area contributed by atoms with E-state index in [4.69, 9.17) is 0 Å². The minimum absolute atomic E-state index is 0.0149. The lowest BCUT2D eigenvalue weighted by atomic mass is 10.1. The summed E-state index contributed by atoms with van der Waals surface area (Å²) in [6, 6.07) is 7.36. The molecule has 1 fully saturated rings. The predicted octanol–water partition coefficient (Wildman–Crippen LogP) is 3.31. The number of hydrogen-bond acceptors (Lipinski definition) is 4. The number of sulfonamides is 1. The number of amides is 1. The Morgan fingerprint density at radius 2 is 1.73 bits per heavy atom. The lowest BCUT2D eigenvalue weighted by molar-refractivity contribution is 0.0940. The second-order valence-corrected chi connectivity index (χ2v) is 9.68. The maximum Gasteiger partial charge on any atom is 0.253 e. The van der Waals surface area contributed by atoms with E-state index in [2.05, 4.69) is 5.32 Å². The van der Waals surface area contributed by atoms with Crippen molar-refractivity contribution < 1.29 is 22.0 Å². The lowest BCUT2D eigenvalue weighted by Gasteiger charge is -2.23. The Balaban J connectivity index is 1.96. The van der Waals surface area contributed by atoms with Crippen LogP contribution in [0.15, 0.2) is 41.3 Å². The molecule has 1 N–H and O–H groups in total. The quantitative estimate of drug-likeness (QED) is 0.753. The molecule has 2 aromatic rings. The molecule has 1 heterocycles. The summed E-state index contributed by atoms with van der Waals surface area (Å²) in [5.74, 6) is -2.44. The van der Waals surface area contributed by atoms with Crippen molar-refractivity contribution in [1.29, 1.82) is 0 Å². The van der Waals surface area contributed by atoms with Gasteiger partial charge in [0.1, 0.15) is 0 Å². The maximum absolute atomic E-state index is 13.6. The summed E-state index contributed by atoms with van der Waals surface area (Å²) in [5, 5.41) is 2.77. The number of nitrogens with zero attached hydrogens (tertiary/aromatic N) is 2. The van der Waals surface area contributed by atoms with E-state index in [-0.39, 0.29) is 10.5 Å². The number of nitrogens with one attached hydrogen (secondary N) is 1. The van der Waals surface area contributed by atoms with Gasteiger partial charge in [0.05, 0.1) is 16.5 Å². The van der Waals surface area contributed by atoms with Crippen molar-refractivity contribution in [3.8, 4) is 0 Å². The van der Waals surface area contributed by atoms with E-state index in [1.165, 1.54) is 32.3 Å². The van der Waals surface area contributed by atoms with Crippen LogP contribution in [0.2, 0.25) is 0 Å². The Labute approximate surface area is 175 Å². The van der Waals surface area contributed by atoms with Gasteiger partial charge < -0.3 is 10.2 Å². The molecular formula is C21H25F2N3O3S. The van der Waals surface area contributed by atoms with Crippen molar-refractivity contribution in [2.75, 3.05) is 32.1 Å². The Morgan fingerprint density at radius 3 is 2.33 bits per heavy atom. The monoisotopic (exact) mass is 437 g/mol. The first-order valence-electron chi connectivity index (χ1n) is 9.68. The molecule has 9 heteroatoms. The fraction of sp³-hybridized carbons (Fsp3) is 0.381. The SMILES string of the molecule is CC(NC(=O)c1cc(S(=O)(=O)N(C)C)ccc1N1CCCC1)c1ccc(F)c(F)c1. The number of benzene rings is 2. The van der Waals surface area contributed by atoms with Crippen LogP contribution in [0.5, 0.6) is 0 Å². The van der Waals surface area contributed by atoms with Gasteiger partial charge in [0.25, 0.3) is 5.91 Å². The Kier molecular flexibility index (Phi) is 6.42. The molecule has 0 aromatic heterocycles. The molecule has 1 amide bonds. The maximum atomic E-state index is 13.6. The highest BCUT2D eigenvalue weighted by Crippen LogP contribution is 2.29. The highest BCUT2D eigenvalue weighted by Gasteiger charge is 2.25. The zero-order valence-corrected chi connectivity index (χ0v) is 18.0. The summed E-state index contributed by atoms with van der Waals surface area (Å²) < 4.78 is 53.0. The number of carbonyl (C=O) groups excluding carboxylic acids is 1. The predicted molar refractivity (Wildman–Crippen MR) is 111 cm³/mol. The van der Waals surface area contributed by atoms with Gasteiger partial charge in [-0.3, -0.25) is 4.79 Å². The summed E-state index contributed by atoms with van der Waals surface area (Å²) in [5.41, 5.74) is 1.29. The topological polar surface area (TPSA) is 69.7 Å². The fourth-order valence-corrected chi connectivity index (χ4v) is 4.37. The van der Waals surface area contributed by atoms with Gasteiger partial charge in [0, 0.05) is 32.9 Å². The zero-order valence-electron chi connectivity index (χ0n) is 17.2. The van der Waals surface area contributed by atoms with E-state index < -0.39 is 33.6 Å². The number of carbonyl (C=O) groups is 1. The molecule has 1 aliphatic rings. The Bertz CT molecular complexity index is 1050. The van der Waals surface area contributed by atoms with E-state index in [9.17, 15) is 22.0 Å². The molecule has 2 aromatic carbocycles. The lowest BCUT2D eigenvalue weighted by Crippen LogP contribution is -2.30. The summed E-state index contributed by atoms with van der Waals surface area (Å²) in [7, 11) is -0.870. The van der Waals surface area contributed by atoms with Crippen LogP contribution < -0.4 is 10.2 Å². The fourth-order valence-electron chi connectivity index (χ4n) is 3.44. The van der Waals surface area contributed by atoms with Crippen molar-refractivity contribution >= 4 is 21.6 Å². The van der Waals surface area contributed by atoms with Gasteiger partial charge >= 0.3 is 0 Å². The van der Waals surface area contributed by atoms with E-state index in [1.54, 1.807) is 13.0 Å². The number of anilines is 1. The first-order chi connectivity index (χ1) is 14.1. The molecule has 0 saturated carbocycles. The van der Waals surface area contributed by atoms with Crippen LogP contribution in [-0.2, 0) is 10.0 Å². The van der Waals surface area contributed by atoms with Crippen LogP contribution in [0, 0.1) is 11.6 Å². The summed E-state index contributed by atoms with van der Waals surface area (Å²) in [6.07, 6.45) is 1.98. The third-order valence-electron chi connectivity index (χ3n) is 5.23. The van der Waals surface area contributed by atoms with Crippen LogP contribution in [0.25, 0.3) is 0 Å². The molecule has 3 rings (SSSR count). The van der Waals surface area contributed by atoms with Crippen LogP contribution in [-0.4, -0.2) is 45.8 Å². The smallest absolute Gasteiger partial charge is 0.253 e. The molecule has 1 atom stereocenters.